The average molecular weight is 1030 g/mol. The predicted octanol–water partition coefficient (Wildman–Crippen LogP) is 16.6. The van der Waals surface area contributed by atoms with Crippen LogP contribution in [0.3, 0.4) is 0 Å². The molecule has 0 aromatic heterocycles. The third kappa shape index (κ3) is 53.1. The molecule has 0 aliphatic rings. The second-order valence-corrected chi connectivity index (χ2v) is 22.0. The van der Waals surface area contributed by atoms with Crippen LogP contribution in [0.2, 0.25) is 0 Å². The summed E-state index contributed by atoms with van der Waals surface area (Å²) < 4.78 is 33.2. The van der Waals surface area contributed by atoms with Crippen LogP contribution >= 0.6 is 7.82 Å². The van der Waals surface area contributed by atoms with Crippen molar-refractivity contribution in [2.24, 2.45) is 0 Å². The molecule has 11 nitrogen and oxygen atoms in total. The number of carbonyl (C=O) groups excluding carboxylic acids is 2. The molecule has 0 saturated heterocycles. The first-order chi connectivity index (χ1) is 34.6. The lowest BCUT2D eigenvalue weighted by molar-refractivity contribution is -0.161. The number of esters is 2. The first kappa shape index (κ1) is 69.4. The fraction of sp³-hybridized carbons (Fsp3) is 0.898. The third-order valence-electron chi connectivity index (χ3n) is 13.5. The first-order valence-corrected chi connectivity index (χ1v) is 31.4. The standard InChI is InChI=1S/C59H113O11P/c1-3-5-7-9-11-13-15-17-19-21-23-25-27-29-31-33-35-37-39-41-43-45-47-49-58(63)67-52-55(53-68-71(65,66)69-54-57(62)56(61)51-60)70-59(64)50-48-46-44-42-40-38-36-34-32-30-28-26-24-22-20-18-16-14-12-10-8-6-4-2/h19-22,55-57,60-62H,3-18,23-54H2,1-2H3,(H,65,66)/b21-19?,22-20-/t55-,56-,57-/m1/s1. The SMILES string of the molecule is CCCCCCCCCC=CCCCCCCCCCCCCCCC(=O)OC[C@H](COP(=O)(O)OC[C@@H](O)[C@H](O)CO)OC(=O)CCCCCCCCCCCCCC/C=C\CCCCCCCCC. The highest BCUT2D eigenvalue weighted by molar-refractivity contribution is 7.47. The molecule has 71 heavy (non-hydrogen) atoms. The zero-order valence-electron chi connectivity index (χ0n) is 46.1. The number of ether oxygens (including phenoxy) is 2. The van der Waals surface area contributed by atoms with E-state index in [2.05, 4.69) is 38.2 Å². The van der Waals surface area contributed by atoms with E-state index in [9.17, 15) is 29.3 Å². The van der Waals surface area contributed by atoms with Gasteiger partial charge >= 0.3 is 19.8 Å². The summed E-state index contributed by atoms with van der Waals surface area (Å²) in [5.74, 6) is -0.959. The molecule has 0 aliphatic heterocycles. The minimum Gasteiger partial charge on any atom is -0.462 e. The largest absolute Gasteiger partial charge is 0.472 e. The van der Waals surface area contributed by atoms with Crippen LogP contribution in [0.4, 0.5) is 0 Å². The molecule has 0 aliphatic carbocycles. The number of phosphoric acid groups is 1. The van der Waals surface area contributed by atoms with Crippen LogP contribution in [0.25, 0.3) is 0 Å². The van der Waals surface area contributed by atoms with Crippen molar-refractivity contribution in [3.05, 3.63) is 24.3 Å². The highest BCUT2D eigenvalue weighted by atomic mass is 31.2. The second-order valence-electron chi connectivity index (χ2n) is 20.5. The highest BCUT2D eigenvalue weighted by Gasteiger charge is 2.28. The van der Waals surface area contributed by atoms with Crippen LogP contribution in [0.1, 0.15) is 296 Å². The normalized spacial score (nSPS) is 14.1. The molecule has 0 aromatic rings. The maximum Gasteiger partial charge on any atom is 0.472 e. The van der Waals surface area contributed by atoms with Crippen molar-refractivity contribution in [3.63, 3.8) is 0 Å². The average Bonchev–Trinajstić information content (AvgIpc) is 3.36. The Labute approximate surface area is 436 Å². The van der Waals surface area contributed by atoms with E-state index in [1.807, 2.05) is 0 Å². The van der Waals surface area contributed by atoms with Crippen molar-refractivity contribution < 1.29 is 52.9 Å². The van der Waals surface area contributed by atoms with Crippen LogP contribution in [0, 0.1) is 0 Å². The molecule has 0 spiro atoms. The molecule has 0 rings (SSSR count). The molecule has 12 heteroatoms. The maximum absolute atomic E-state index is 12.8. The summed E-state index contributed by atoms with van der Waals surface area (Å²) in [5, 5.41) is 28.3. The molecule has 1 unspecified atom stereocenters. The van der Waals surface area contributed by atoms with Gasteiger partial charge in [0.1, 0.15) is 18.8 Å². The predicted molar refractivity (Wildman–Crippen MR) is 294 cm³/mol. The summed E-state index contributed by atoms with van der Waals surface area (Å²) in [7, 11) is -4.74. The zero-order valence-corrected chi connectivity index (χ0v) is 47.0. The summed E-state index contributed by atoms with van der Waals surface area (Å²) in [5.41, 5.74) is 0. The topological polar surface area (TPSA) is 169 Å². The van der Waals surface area contributed by atoms with Gasteiger partial charge in [0.05, 0.1) is 19.8 Å². The summed E-state index contributed by atoms with van der Waals surface area (Å²) in [6.45, 7) is 2.08. The molecule has 4 N–H and O–H groups in total. The van der Waals surface area contributed by atoms with Gasteiger partial charge in [-0.15, -0.1) is 0 Å². The van der Waals surface area contributed by atoms with Gasteiger partial charge in [-0.1, -0.05) is 244 Å². The molecular weight excluding hydrogens is 916 g/mol. The van der Waals surface area contributed by atoms with Crippen molar-refractivity contribution in [1.82, 2.24) is 0 Å². The summed E-state index contributed by atoms with van der Waals surface area (Å²) in [4.78, 5) is 35.5. The number of carbonyl (C=O) groups is 2. The van der Waals surface area contributed by atoms with Crippen LogP contribution in [0.15, 0.2) is 24.3 Å². The van der Waals surface area contributed by atoms with Gasteiger partial charge in [0.15, 0.2) is 6.10 Å². The fourth-order valence-electron chi connectivity index (χ4n) is 8.75. The van der Waals surface area contributed by atoms with Crippen molar-refractivity contribution in [1.29, 1.82) is 0 Å². The van der Waals surface area contributed by atoms with Crippen LogP contribution in [-0.2, 0) is 32.7 Å². The van der Waals surface area contributed by atoms with E-state index >= 15 is 0 Å². The first-order valence-electron chi connectivity index (χ1n) is 29.9. The Hall–Kier alpha value is -1.59. The number of aliphatic hydroxyl groups excluding tert-OH is 3. The van der Waals surface area contributed by atoms with Crippen molar-refractivity contribution >= 4 is 19.8 Å². The number of rotatable bonds is 57. The molecule has 0 saturated carbocycles. The van der Waals surface area contributed by atoms with E-state index in [-0.39, 0.29) is 19.4 Å². The van der Waals surface area contributed by atoms with Gasteiger partial charge in [-0.05, 0) is 64.2 Å². The lowest BCUT2D eigenvalue weighted by atomic mass is 10.0. The molecule has 0 radical (unpaired) electrons. The van der Waals surface area contributed by atoms with Crippen molar-refractivity contribution in [2.45, 2.75) is 315 Å². The summed E-state index contributed by atoms with van der Waals surface area (Å²) in [6.07, 6.45) is 57.8. The molecule has 420 valence electrons. The molecule has 0 bridgehead atoms. The van der Waals surface area contributed by atoms with E-state index < -0.39 is 57.9 Å². The quantitative estimate of drug-likeness (QED) is 0.0198. The number of allylic oxidation sites excluding steroid dienone is 4. The van der Waals surface area contributed by atoms with E-state index in [4.69, 9.17) is 23.6 Å². The van der Waals surface area contributed by atoms with E-state index in [1.165, 1.54) is 218 Å². The van der Waals surface area contributed by atoms with E-state index in [0.717, 1.165) is 38.5 Å². The molecule has 0 amide bonds. The Morgan fingerprint density at radius 2 is 0.704 bits per heavy atom. The van der Waals surface area contributed by atoms with E-state index in [1.54, 1.807) is 0 Å². The molecule has 0 heterocycles. The van der Waals surface area contributed by atoms with Gasteiger partial charge in [0, 0.05) is 12.8 Å². The minimum absolute atomic E-state index is 0.162. The fourth-order valence-corrected chi connectivity index (χ4v) is 9.52. The minimum atomic E-state index is -4.74. The van der Waals surface area contributed by atoms with Gasteiger partial charge in [0.25, 0.3) is 0 Å². The number of phosphoric ester groups is 1. The highest BCUT2D eigenvalue weighted by Crippen LogP contribution is 2.43. The van der Waals surface area contributed by atoms with Crippen molar-refractivity contribution in [3.8, 4) is 0 Å². The number of hydrogen-bond acceptors (Lipinski definition) is 10. The monoisotopic (exact) mass is 1030 g/mol. The molecule has 0 aromatic carbocycles. The van der Waals surface area contributed by atoms with Gasteiger partial charge in [0.2, 0.25) is 0 Å². The molecular formula is C59H113O11P. The van der Waals surface area contributed by atoms with Crippen LogP contribution < -0.4 is 0 Å². The smallest absolute Gasteiger partial charge is 0.462 e. The van der Waals surface area contributed by atoms with Crippen molar-refractivity contribution in [2.75, 3.05) is 26.4 Å². The Balaban J connectivity index is 4.18. The summed E-state index contributed by atoms with van der Waals surface area (Å²) in [6, 6.07) is 0. The molecule has 0 fully saturated rings. The zero-order chi connectivity index (χ0) is 52.0. The lowest BCUT2D eigenvalue weighted by Crippen LogP contribution is -2.33. The Morgan fingerprint density at radius 3 is 1.04 bits per heavy atom. The number of hydrogen-bond donors (Lipinski definition) is 4. The maximum atomic E-state index is 12.8. The van der Waals surface area contributed by atoms with Gasteiger partial charge in [-0.25, -0.2) is 4.57 Å². The molecule has 4 atom stereocenters. The van der Waals surface area contributed by atoms with Crippen LogP contribution in [0.5, 0.6) is 0 Å². The van der Waals surface area contributed by atoms with Gasteiger partial charge in [-0.2, -0.15) is 0 Å². The lowest BCUT2D eigenvalue weighted by Gasteiger charge is -2.21. The van der Waals surface area contributed by atoms with Gasteiger partial charge in [-0.3, -0.25) is 18.6 Å². The Kier molecular flexibility index (Phi) is 53.4. The second kappa shape index (κ2) is 54.7. The third-order valence-corrected chi connectivity index (χ3v) is 14.4. The number of unbranched alkanes of at least 4 members (excludes halogenated alkanes) is 38. The summed E-state index contributed by atoms with van der Waals surface area (Å²) >= 11 is 0. The van der Waals surface area contributed by atoms with Crippen LogP contribution in [-0.4, -0.2) is 76.9 Å². The Morgan fingerprint density at radius 1 is 0.408 bits per heavy atom. The number of aliphatic hydroxyl groups is 3. The van der Waals surface area contributed by atoms with Gasteiger partial charge < -0.3 is 29.7 Å². The Bertz CT molecular complexity index is 1250. The van der Waals surface area contributed by atoms with E-state index in [0.29, 0.717) is 12.8 Å².